The van der Waals surface area contributed by atoms with E-state index < -0.39 is 9.84 Å². The van der Waals surface area contributed by atoms with Crippen LogP contribution >= 0.6 is 0 Å². The van der Waals surface area contributed by atoms with E-state index in [1.54, 1.807) is 37.4 Å². The van der Waals surface area contributed by atoms with Crippen molar-refractivity contribution in [3.63, 3.8) is 0 Å². The minimum atomic E-state index is -3.51. The van der Waals surface area contributed by atoms with Crippen molar-refractivity contribution in [2.24, 2.45) is 5.10 Å². The number of anilines is 1. The van der Waals surface area contributed by atoms with E-state index in [1.807, 2.05) is 36.4 Å². The van der Waals surface area contributed by atoms with Crippen molar-refractivity contribution in [1.82, 2.24) is 5.01 Å². The Bertz CT molecular complexity index is 1300. The average molecular weight is 464 g/mol. The zero-order chi connectivity index (χ0) is 23.6. The monoisotopic (exact) mass is 463 g/mol. The molecule has 0 fully saturated rings. The van der Waals surface area contributed by atoms with E-state index in [-0.39, 0.29) is 22.6 Å². The van der Waals surface area contributed by atoms with Gasteiger partial charge >= 0.3 is 0 Å². The molecule has 1 aliphatic heterocycles. The van der Waals surface area contributed by atoms with Gasteiger partial charge in [0.25, 0.3) is 0 Å². The van der Waals surface area contributed by atoms with E-state index in [2.05, 4.69) is 5.10 Å². The predicted molar refractivity (Wildman–Crippen MR) is 128 cm³/mol. The number of hydrogen-bond donors (Lipinski definition) is 1. The molecule has 1 amide bonds. The van der Waals surface area contributed by atoms with Crippen LogP contribution in [0.4, 0.5) is 5.69 Å². The number of carbonyl (C=O) groups excluding carboxylic acids is 1. The second-order valence-electron chi connectivity index (χ2n) is 7.93. The van der Waals surface area contributed by atoms with Gasteiger partial charge in [-0.05, 0) is 47.0 Å². The van der Waals surface area contributed by atoms with Crippen LogP contribution in [0.2, 0.25) is 0 Å². The van der Waals surface area contributed by atoms with Crippen LogP contribution in [0.25, 0.3) is 0 Å². The SMILES string of the molecule is COc1ccc(C2CC(c3ccc(CS(=O)(=O)c4cccc(N)c4)cc3)=NN2C(C)=O)cc1. The molecule has 33 heavy (non-hydrogen) atoms. The number of amides is 1. The van der Waals surface area contributed by atoms with Crippen LogP contribution in [-0.2, 0) is 20.4 Å². The van der Waals surface area contributed by atoms with Crippen molar-refractivity contribution in [2.75, 3.05) is 12.8 Å². The summed E-state index contributed by atoms with van der Waals surface area (Å²) in [6.45, 7) is 1.49. The molecule has 8 heteroatoms. The van der Waals surface area contributed by atoms with Gasteiger partial charge in [-0.2, -0.15) is 5.10 Å². The molecule has 2 N–H and O–H groups in total. The van der Waals surface area contributed by atoms with E-state index in [4.69, 9.17) is 10.5 Å². The normalized spacial score (nSPS) is 15.9. The number of hydrogen-bond acceptors (Lipinski definition) is 6. The Kier molecular flexibility index (Phi) is 6.20. The van der Waals surface area contributed by atoms with Crippen LogP contribution in [0.3, 0.4) is 0 Å². The smallest absolute Gasteiger partial charge is 0.240 e. The summed E-state index contributed by atoms with van der Waals surface area (Å²) in [6, 6.07) is 20.9. The van der Waals surface area contributed by atoms with Crippen LogP contribution in [0.15, 0.2) is 82.8 Å². The molecule has 1 aliphatic rings. The number of hydrazone groups is 1. The summed E-state index contributed by atoms with van der Waals surface area (Å²) in [6.07, 6.45) is 0.562. The molecule has 0 saturated heterocycles. The zero-order valence-electron chi connectivity index (χ0n) is 18.4. The molecule has 3 aromatic carbocycles. The maximum Gasteiger partial charge on any atom is 0.240 e. The van der Waals surface area contributed by atoms with E-state index in [9.17, 15) is 13.2 Å². The van der Waals surface area contributed by atoms with Gasteiger partial charge < -0.3 is 10.5 Å². The van der Waals surface area contributed by atoms with Gasteiger partial charge in [0, 0.05) is 19.0 Å². The second-order valence-corrected chi connectivity index (χ2v) is 9.92. The quantitative estimate of drug-likeness (QED) is 0.558. The summed E-state index contributed by atoms with van der Waals surface area (Å²) in [5.74, 6) is 0.476. The molecular weight excluding hydrogens is 438 g/mol. The molecule has 170 valence electrons. The van der Waals surface area contributed by atoms with Gasteiger partial charge in [0.15, 0.2) is 9.84 Å². The topological polar surface area (TPSA) is 102 Å². The molecule has 1 atom stereocenters. The molecule has 0 aliphatic carbocycles. The lowest BCUT2D eigenvalue weighted by atomic mass is 9.98. The molecule has 0 bridgehead atoms. The first kappa shape index (κ1) is 22.5. The number of ether oxygens (including phenoxy) is 1. The number of sulfone groups is 1. The Morgan fingerprint density at radius 2 is 1.79 bits per heavy atom. The Balaban J connectivity index is 1.53. The summed E-state index contributed by atoms with van der Waals surface area (Å²) < 4.78 is 30.7. The Hall–Kier alpha value is -3.65. The molecule has 7 nitrogen and oxygen atoms in total. The maximum atomic E-state index is 12.7. The first-order valence-corrected chi connectivity index (χ1v) is 12.1. The van der Waals surface area contributed by atoms with Gasteiger partial charge in [0.2, 0.25) is 5.91 Å². The summed E-state index contributed by atoms with van der Waals surface area (Å²) in [4.78, 5) is 12.4. The third kappa shape index (κ3) is 4.90. The van der Waals surface area contributed by atoms with Gasteiger partial charge in [-0.25, -0.2) is 13.4 Å². The number of benzene rings is 3. The molecule has 3 aromatic rings. The van der Waals surface area contributed by atoms with Crippen LogP contribution < -0.4 is 10.5 Å². The van der Waals surface area contributed by atoms with Crippen LogP contribution in [-0.4, -0.2) is 32.2 Å². The molecule has 0 spiro atoms. The number of rotatable bonds is 6. The predicted octanol–water partition coefficient (Wildman–Crippen LogP) is 3.95. The Morgan fingerprint density at radius 3 is 2.39 bits per heavy atom. The van der Waals surface area contributed by atoms with Gasteiger partial charge in [-0.1, -0.05) is 42.5 Å². The first-order chi connectivity index (χ1) is 15.8. The average Bonchev–Trinajstić information content (AvgIpc) is 3.25. The largest absolute Gasteiger partial charge is 0.497 e. The Morgan fingerprint density at radius 1 is 1.09 bits per heavy atom. The molecule has 0 radical (unpaired) electrons. The minimum absolute atomic E-state index is 0.128. The van der Waals surface area contributed by atoms with Crippen molar-refractivity contribution < 1.29 is 17.9 Å². The fourth-order valence-electron chi connectivity index (χ4n) is 3.86. The number of methoxy groups -OCH3 is 1. The van der Waals surface area contributed by atoms with Gasteiger partial charge in [-0.15, -0.1) is 0 Å². The molecule has 0 saturated carbocycles. The van der Waals surface area contributed by atoms with Crippen molar-refractivity contribution in [3.05, 3.63) is 89.5 Å². The molecule has 1 unspecified atom stereocenters. The minimum Gasteiger partial charge on any atom is -0.497 e. The Labute approximate surface area is 193 Å². The first-order valence-electron chi connectivity index (χ1n) is 10.5. The molecular formula is C25H25N3O4S. The number of nitrogens with two attached hydrogens (primary N) is 1. The van der Waals surface area contributed by atoms with E-state index in [0.29, 0.717) is 17.7 Å². The molecule has 0 aromatic heterocycles. The van der Waals surface area contributed by atoms with E-state index in [0.717, 1.165) is 22.6 Å². The van der Waals surface area contributed by atoms with Crippen LogP contribution in [0, 0.1) is 0 Å². The van der Waals surface area contributed by atoms with Crippen LogP contribution in [0.5, 0.6) is 5.75 Å². The van der Waals surface area contributed by atoms with E-state index in [1.165, 1.54) is 18.0 Å². The lowest BCUT2D eigenvalue weighted by Crippen LogP contribution is -2.24. The summed E-state index contributed by atoms with van der Waals surface area (Å²) in [7, 11) is -1.90. The third-order valence-electron chi connectivity index (χ3n) is 5.59. The molecule has 1 heterocycles. The fraction of sp³-hybridized carbons (Fsp3) is 0.200. The highest BCUT2D eigenvalue weighted by Gasteiger charge is 2.31. The van der Waals surface area contributed by atoms with Crippen molar-refractivity contribution in [1.29, 1.82) is 0 Å². The second kappa shape index (κ2) is 9.07. The highest BCUT2D eigenvalue weighted by atomic mass is 32.2. The van der Waals surface area contributed by atoms with E-state index >= 15 is 0 Å². The number of carbonyl (C=O) groups is 1. The summed E-state index contributed by atoms with van der Waals surface area (Å²) in [5, 5.41) is 6.05. The lowest BCUT2D eigenvalue weighted by molar-refractivity contribution is -0.130. The zero-order valence-corrected chi connectivity index (χ0v) is 19.2. The number of nitrogens with zero attached hydrogens (tertiary/aromatic N) is 2. The van der Waals surface area contributed by atoms with Gasteiger partial charge in [-0.3, -0.25) is 4.79 Å². The standard InChI is InChI=1S/C25H25N3O4S/c1-17(29)28-25(20-10-12-22(32-2)13-11-20)15-24(27-28)19-8-6-18(7-9-19)16-33(30,31)23-5-3-4-21(26)14-23/h3-14,25H,15-16,26H2,1-2H3. The van der Waals surface area contributed by atoms with Crippen molar-refractivity contribution in [3.8, 4) is 5.75 Å². The summed E-state index contributed by atoms with van der Waals surface area (Å²) >= 11 is 0. The highest BCUT2D eigenvalue weighted by molar-refractivity contribution is 7.90. The van der Waals surface area contributed by atoms with Gasteiger partial charge in [0.1, 0.15) is 5.75 Å². The highest BCUT2D eigenvalue weighted by Crippen LogP contribution is 2.33. The van der Waals surface area contributed by atoms with Crippen LogP contribution in [0.1, 0.15) is 36.1 Å². The number of nitrogen functional groups attached to an aromatic ring is 1. The maximum absolute atomic E-state index is 12.7. The summed E-state index contributed by atoms with van der Waals surface area (Å²) in [5.41, 5.74) is 9.39. The van der Waals surface area contributed by atoms with Gasteiger partial charge in [0.05, 0.1) is 29.5 Å². The third-order valence-corrected chi connectivity index (χ3v) is 7.28. The fourth-order valence-corrected chi connectivity index (χ4v) is 5.26. The lowest BCUT2D eigenvalue weighted by Gasteiger charge is -2.20. The molecule has 4 rings (SSSR count). The van der Waals surface area contributed by atoms with Crippen molar-refractivity contribution in [2.45, 2.75) is 30.0 Å². The van der Waals surface area contributed by atoms with Crippen molar-refractivity contribution >= 4 is 27.1 Å².